The van der Waals surface area contributed by atoms with E-state index in [-0.39, 0.29) is 0 Å². The monoisotopic (exact) mass is 240 g/mol. The van der Waals surface area contributed by atoms with E-state index in [1.165, 1.54) is 45.1 Å². The van der Waals surface area contributed by atoms with E-state index in [0.29, 0.717) is 0 Å². The summed E-state index contributed by atoms with van der Waals surface area (Å²) in [6, 6.07) is 1.59. The summed E-state index contributed by atoms with van der Waals surface area (Å²) in [4.78, 5) is 2.61. The minimum atomic E-state index is 0.766. The van der Waals surface area contributed by atoms with Crippen molar-refractivity contribution in [1.82, 2.24) is 10.2 Å². The van der Waals surface area contributed by atoms with Crippen LogP contribution >= 0.6 is 0 Å². The van der Waals surface area contributed by atoms with E-state index < -0.39 is 0 Å². The zero-order valence-corrected chi connectivity index (χ0v) is 11.5. The van der Waals surface area contributed by atoms with Crippen LogP contribution in [0.3, 0.4) is 0 Å². The molecular weight excluding hydrogens is 212 g/mol. The zero-order chi connectivity index (χ0) is 12.1. The standard InChI is InChI=1S/C14H28N2O/c1-15-13-3-5-14(6-4-13)16(2)11-12-7-9-17-10-8-12/h12-15H,3-11H2,1-2H3. The van der Waals surface area contributed by atoms with E-state index in [9.17, 15) is 0 Å². The zero-order valence-electron chi connectivity index (χ0n) is 11.5. The van der Waals surface area contributed by atoms with Crippen LogP contribution in [0, 0.1) is 5.92 Å². The average molecular weight is 240 g/mol. The second-order valence-electron chi connectivity index (χ2n) is 5.79. The van der Waals surface area contributed by atoms with Gasteiger partial charge in [0, 0.05) is 31.8 Å². The van der Waals surface area contributed by atoms with Crippen molar-refractivity contribution >= 4 is 0 Å². The van der Waals surface area contributed by atoms with E-state index in [4.69, 9.17) is 4.74 Å². The van der Waals surface area contributed by atoms with Gasteiger partial charge in [-0.25, -0.2) is 0 Å². The SMILES string of the molecule is CNC1CCC(N(C)CC2CCOCC2)CC1. The second kappa shape index (κ2) is 6.72. The maximum atomic E-state index is 5.43. The highest BCUT2D eigenvalue weighted by Crippen LogP contribution is 2.24. The highest BCUT2D eigenvalue weighted by atomic mass is 16.5. The molecule has 1 N–H and O–H groups in total. The summed E-state index contributed by atoms with van der Waals surface area (Å²) >= 11 is 0. The molecule has 0 radical (unpaired) electrons. The van der Waals surface area contributed by atoms with Gasteiger partial charge in [-0.3, -0.25) is 0 Å². The molecule has 100 valence electrons. The first-order chi connectivity index (χ1) is 8.29. The predicted octanol–water partition coefficient (Wildman–Crippen LogP) is 1.88. The Bertz CT molecular complexity index is 208. The molecule has 1 aliphatic heterocycles. The molecule has 3 heteroatoms. The molecule has 0 aromatic heterocycles. The summed E-state index contributed by atoms with van der Waals surface area (Å²) in [5.74, 6) is 0.871. The fourth-order valence-corrected chi connectivity index (χ4v) is 3.29. The van der Waals surface area contributed by atoms with Crippen LogP contribution in [-0.2, 0) is 4.74 Å². The first-order valence-corrected chi connectivity index (χ1v) is 7.25. The number of nitrogens with zero attached hydrogens (tertiary/aromatic N) is 1. The lowest BCUT2D eigenvalue weighted by molar-refractivity contribution is 0.0464. The van der Waals surface area contributed by atoms with E-state index >= 15 is 0 Å². The van der Waals surface area contributed by atoms with Crippen LogP contribution in [-0.4, -0.2) is 50.8 Å². The third-order valence-electron chi connectivity index (χ3n) is 4.62. The minimum Gasteiger partial charge on any atom is -0.381 e. The average Bonchev–Trinajstić information content (AvgIpc) is 2.40. The number of hydrogen-bond acceptors (Lipinski definition) is 3. The van der Waals surface area contributed by atoms with Crippen molar-refractivity contribution < 1.29 is 4.74 Å². The van der Waals surface area contributed by atoms with E-state index in [0.717, 1.165) is 31.2 Å². The summed E-state index contributed by atoms with van der Waals surface area (Å²) < 4.78 is 5.43. The molecule has 0 amide bonds. The fraction of sp³-hybridized carbons (Fsp3) is 1.00. The second-order valence-corrected chi connectivity index (χ2v) is 5.79. The lowest BCUT2D eigenvalue weighted by atomic mass is 9.89. The molecule has 1 aliphatic carbocycles. The van der Waals surface area contributed by atoms with Crippen molar-refractivity contribution in [3.05, 3.63) is 0 Å². The normalized spacial score (nSPS) is 31.9. The van der Waals surface area contributed by atoms with Gasteiger partial charge in [0.2, 0.25) is 0 Å². The molecule has 0 unspecified atom stereocenters. The predicted molar refractivity (Wildman–Crippen MR) is 71.3 cm³/mol. The van der Waals surface area contributed by atoms with Crippen molar-refractivity contribution in [2.45, 2.75) is 50.6 Å². The molecule has 1 heterocycles. The third kappa shape index (κ3) is 3.94. The van der Waals surface area contributed by atoms with Gasteiger partial charge in [-0.1, -0.05) is 0 Å². The van der Waals surface area contributed by atoms with Crippen molar-refractivity contribution in [3.8, 4) is 0 Å². The van der Waals surface area contributed by atoms with Crippen LogP contribution in [0.5, 0.6) is 0 Å². The molecule has 1 saturated heterocycles. The van der Waals surface area contributed by atoms with E-state index in [1.807, 2.05) is 0 Å². The Morgan fingerprint density at radius 1 is 1.06 bits per heavy atom. The Balaban J connectivity index is 1.70. The Morgan fingerprint density at radius 3 is 2.29 bits per heavy atom. The van der Waals surface area contributed by atoms with Gasteiger partial charge in [-0.05, 0) is 58.5 Å². The maximum absolute atomic E-state index is 5.43. The van der Waals surface area contributed by atoms with E-state index in [2.05, 4.69) is 24.3 Å². The van der Waals surface area contributed by atoms with Gasteiger partial charge in [-0.2, -0.15) is 0 Å². The summed E-state index contributed by atoms with van der Waals surface area (Å²) in [5, 5.41) is 3.41. The van der Waals surface area contributed by atoms with Gasteiger partial charge in [0.05, 0.1) is 0 Å². The van der Waals surface area contributed by atoms with Crippen LogP contribution in [0.25, 0.3) is 0 Å². The van der Waals surface area contributed by atoms with Crippen LogP contribution in [0.15, 0.2) is 0 Å². The van der Waals surface area contributed by atoms with Gasteiger partial charge < -0.3 is 15.0 Å². The van der Waals surface area contributed by atoms with Crippen LogP contribution in [0.2, 0.25) is 0 Å². The molecule has 0 aromatic carbocycles. The molecule has 2 aliphatic rings. The Hall–Kier alpha value is -0.120. The van der Waals surface area contributed by atoms with Gasteiger partial charge in [0.1, 0.15) is 0 Å². The topological polar surface area (TPSA) is 24.5 Å². The molecule has 17 heavy (non-hydrogen) atoms. The van der Waals surface area contributed by atoms with E-state index in [1.54, 1.807) is 0 Å². The minimum absolute atomic E-state index is 0.766. The van der Waals surface area contributed by atoms with Gasteiger partial charge in [-0.15, -0.1) is 0 Å². The number of ether oxygens (including phenoxy) is 1. The maximum Gasteiger partial charge on any atom is 0.0469 e. The Morgan fingerprint density at radius 2 is 1.71 bits per heavy atom. The quantitative estimate of drug-likeness (QED) is 0.812. The molecule has 0 bridgehead atoms. The molecular formula is C14H28N2O. The highest BCUT2D eigenvalue weighted by Gasteiger charge is 2.25. The number of hydrogen-bond donors (Lipinski definition) is 1. The van der Waals surface area contributed by atoms with Crippen molar-refractivity contribution in [2.24, 2.45) is 5.92 Å². The molecule has 0 spiro atoms. The van der Waals surface area contributed by atoms with Crippen LogP contribution < -0.4 is 5.32 Å². The summed E-state index contributed by atoms with van der Waals surface area (Å²) in [6.07, 6.45) is 7.95. The Kier molecular flexibility index (Phi) is 5.26. The van der Waals surface area contributed by atoms with Crippen LogP contribution in [0.1, 0.15) is 38.5 Å². The van der Waals surface area contributed by atoms with Crippen molar-refractivity contribution in [1.29, 1.82) is 0 Å². The molecule has 1 saturated carbocycles. The molecule has 0 atom stereocenters. The Labute approximate surface area is 106 Å². The summed E-state index contributed by atoms with van der Waals surface area (Å²) in [5.41, 5.74) is 0. The fourth-order valence-electron chi connectivity index (χ4n) is 3.29. The lowest BCUT2D eigenvalue weighted by Crippen LogP contribution is -2.42. The van der Waals surface area contributed by atoms with Crippen molar-refractivity contribution in [3.63, 3.8) is 0 Å². The first-order valence-electron chi connectivity index (χ1n) is 7.25. The summed E-state index contributed by atoms with van der Waals surface area (Å²) in [7, 11) is 4.41. The number of nitrogens with one attached hydrogen (secondary N) is 1. The lowest BCUT2D eigenvalue weighted by Gasteiger charge is -2.37. The molecule has 2 rings (SSSR count). The molecule has 2 fully saturated rings. The summed E-state index contributed by atoms with van der Waals surface area (Å²) in [6.45, 7) is 3.23. The van der Waals surface area contributed by atoms with Gasteiger partial charge in [0.25, 0.3) is 0 Å². The van der Waals surface area contributed by atoms with Gasteiger partial charge >= 0.3 is 0 Å². The molecule has 0 aromatic rings. The highest BCUT2D eigenvalue weighted by molar-refractivity contribution is 4.82. The largest absolute Gasteiger partial charge is 0.381 e. The first kappa shape index (κ1) is 13.3. The van der Waals surface area contributed by atoms with Gasteiger partial charge in [0.15, 0.2) is 0 Å². The number of rotatable bonds is 4. The smallest absolute Gasteiger partial charge is 0.0469 e. The van der Waals surface area contributed by atoms with Crippen molar-refractivity contribution in [2.75, 3.05) is 33.9 Å². The third-order valence-corrected chi connectivity index (χ3v) is 4.62. The molecule has 3 nitrogen and oxygen atoms in total. The van der Waals surface area contributed by atoms with Crippen LogP contribution in [0.4, 0.5) is 0 Å².